The summed E-state index contributed by atoms with van der Waals surface area (Å²) >= 11 is 6.13. The molecular formula is C19H26ClN7. The summed E-state index contributed by atoms with van der Waals surface area (Å²) in [5, 5.41) is 9.29. The SMILES string of the molecule is CCN1CCN(c2cnnc(N3CCN(c4cccc(Cl)c4)CC3)n2)CC1. The maximum Gasteiger partial charge on any atom is 0.247 e. The number of hydrogen-bond donors (Lipinski definition) is 0. The van der Waals surface area contributed by atoms with Crippen LogP contribution in [0.25, 0.3) is 0 Å². The highest BCUT2D eigenvalue weighted by Gasteiger charge is 2.22. The van der Waals surface area contributed by atoms with Crippen LogP contribution in [0.4, 0.5) is 17.5 Å². The molecule has 0 atom stereocenters. The number of aromatic nitrogens is 3. The van der Waals surface area contributed by atoms with Gasteiger partial charge in [0.15, 0.2) is 5.82 Å². The molecule has 0 N–H and O–H groups in total. The van der Waals surface area contributed by atoms with E-state index >= 15 is 0 Å². The molecule has 2 fully saturated rings. The van der Waals surface area contributed by atoms with Crippen molar-refractivity contribution in [2.45, 2.75) is 6.92 Å². The Morgan fingerprint density at radius 2 is 1.63 bits per heavy atom. The van der Waals surface area contributed by atoms with Gasteiger partial charge in [-0.1, -0.05) is 24.6 Å². The molecule has 4 rings (SSSR count). The Morgan fingerprint density at radius 1 is 0.926 bits per heavy atom. The van der Waals surface area contributed by atoms with E-state index in [0.29, 0.717) is 0 Å². The van der Waals surface area contributed by atoms with Crippen molar-refractivity contribution >= 4 is 29.1 Å². The summed E-state index contributed by atoms with van der Waals surface area (Å²) in [4.78, 5) is 14.1. The number of hydrogen-bond acceptors (Lipinski definition) is 7. The van der Waals surface area contributed by atoms with E-state index in [1.165, 1.54) is 5.69 Å². The summed E-state index contributed by atoms with van der Waals surface area (Å²) < 4.78 is 0. The van der Waals surface area contributed by atoms with E-state index in [2.05, 4.69) is 42.8 Å². The largest absolute Gasteiger partial charge is 0.368 e. The molecule has 2 aliphatic rings. The van der Waals surface area contributed by atoms with Crippen molar-refractivity contribution in [2.75, 3.05) is 73.6 Å². The van der Waals surface area contributed by atoms with Gasteiger partial charge in [-0.3, -0.25) is 0 Å². The average molecular weight is 388 g/mol. The van der Waals surface area contributed by atoms with Crippen molar-refractivity contribution in [3.8, 4) is 0 Å². The minimum absolute atomic E-state index is 0.733. The van der Waals surface area contributed by atoms with Gasteiger partial charge in [0.05, 0.1) is 6.20 Å². The maximum absolute atomic E-state index is 6.13. The zero-order chi connectivity index (χ0) is 18.6. The van der Waals surface area contributed by atoms with Crippen molar-refractivity contribution in [3.05, 3.63) is 35.5 Å². The third-order valence-electron chi connectivity index (χ3n) is 5.41. The van der Waals surface area contributed by atoms with E-state index in [-0.39, 0.29) is 0 Å². The number of piperazine rings is 2. The lowest BCUT2D eigenvalue weighted by atomic mass is 10.2. The topological polar surface area (TPSA) is 51.6 Å². The second-order valence-electron chi connectivity index (χ2n) is 6.99. The summed E-state index contributed by atoms with van der Waals surface area (Å²) in [7, 11) is 0. The predicted octanol–water partition coefficient (Wildman–Crippen LogP) is 1.99. The molecule has 0 aliphatic carbocycles. The molecule has 144 valence electrons. The molecule has 8 heteroatoms. The van der Waals surface area contributed by atoms with Gasteiger partial charge in [-0.25, -0.2) is 0 Å². The normalized spacial score (nSPS) is 18.8. The lowest BCUT2D eigenvalue weighted by molar-refractivity contribution is 0.270. The Labute approximate surface area is 165 Å². The van der Waals surface area contributed by atoms with Crippen LogP contribution in [-0.4, -0.2) is 79.0 Å². The average Bonchev–Trinajstić information content (AvgIpc) is 2.74. The van der Waals surface area contributed by atoms with E-state index < -0.39 is 0 Å². The molecule has 0 bridgehead atoms. The van der Waals surface area contributed by atoms with Gasteiger partial charge in [0.25, 0.3) is 0 Å². The molecule has 27 heavy (non-hydrogen) atoms. The first kappa shape index (κ1) is 18.3. The van der Waals surface area contributed by atoms with Crippen LogP contribution in [0.3, 0.4) is 0 Å². The highest BCUT2D eigenvalue weighted by molar-refractivity contribution is 6.30. The number of benzene rings is 1. The van der Waals surface area contributed by atoms with E-state index in [0.717, 1.165) is 75.7 Å². The van der Waals surface area contributed by atoms with Gasteiger partial charge in [0, 0.05) is 63.1 Å². The van der Waals surface area contributed by atoms with Crippen molar-refractivity contribution in [1.82, 2.24) is 20.1 Å². The van der Waals surface area contributed by atoms with Gasteiger partial charge < -0.3 is 19.6 Å². The number of rotatable bonds is 4. The molecule has 3 heterocycles. The van der Waals surface area contributed by atoms with Gasteiger partial charge in [-0.15, -0.1) is 5.10 Å². The van der Waals surface area contributed by atoms with Crippen LogP contribution in [-0.2, 0) is 0 Å². The molecule has 7 nitrogen and oxygen atoms in total. The van der Waals surface area contributed by atoms with Gasteiger partial charge in [-0.2, -0.15) is 10.1 Å². The van der Waals surface area contributed by atoms with Crippen LogP contribution < -0.4 is 14.7 Å². The van der Waals surface area contributed by atoms with E-state index in [9.17, 15) is 0 Å². The fourth-order valence-corrected chi connectivity index (χ4v) is 3.89. The van der Waals surface area contributed by atoms with Crippen LogP contribution in [0.5, 0.6) is 0 Å². The first-order valence-corrected chi connectivity index (χ1v) is 10.0. The lowest BCUT2D eigenvalue weighted by Gasteiger charge is -2.37. The summed E-state index contributed by atoms with van der Waals surface area (Å²) in [6, 6.07) is 8.04. The number of nitrogens with zero attached hydrogens (tertiary/aromatic N) is 7. The second-order valence-corrected chi connectivity index (χ2v) is 7.43. The van der Waals surface area contributed by atoms with Gasteiger partial charge >= 0.3 is 0 Å². The van der Waals surface area contributed by atoms with Gasteiger partial charge in [-0.05, 0) is 24.7 Å². The van der Waals surface area contributed by atoms with E-state index in [4.69, 9.17) is 16.6 Å². The molecule has 0 amide bonds. The molecule has 1 aromatic heterocycles. The van der Waals surface area contributed by atoms with Crippen molar-refractivity contribution < 1.29 is 0 Å². The summed E-state index contributed by atoms with van der Waals surface area (Å²) in [6.07, 6.45) is 1.79. The Hall–Kier alpha value is -2.12. The fraction of sp³-hybridized carbons (Fsp3) is 0.526. The van der Waals surface area contributed by atoms with E-state index in [1.807, 2.05) is 18.2 Å². The molecule has 0 saturated carbocycles. The van der Waals surface area contributed by atoms with E-state index in [1.54, 1.807) is 6.20 Å². The molecule has 2 aliphatic heterocycles. The first-order chi connectivity index (χ1) is 13.2. The Kier molecular flexibility index (Phi) is 5.59. The fourth-order valence-electron chi connectivity index (χ4n) is 3.70. The molecule has 0 spiro atoms. The molecule has 2 aromatic rings. The minimum atomic E-state index is 0.733. The van der Waals surface area contributed by atoms with Gasteiger partial charge in [0.1, 0.15) is 0 Å². The third kappa shape index (κ3) is 4.25. The number of halogens is 1. The second kappa shape index (κ2) is 8.27. The molecule has 1 aromatic carbocycles. The van der Waals surface area contributed by atoms with Crippen LogP contribution >= 0.6 is 11.6 Å². The first-order valence-electron chi connectivity index (χ1n) is 9.65. The monoisotopic (exact) mass is 387 g/mol. The summed E-state index contributed by atoms with van der Waals surface area (Å²) in [6.45, 7) is 11.1. The van der Waals surface area contributed by atoms with Crippen molar-refractivity contribution in [3.63, 3.8) is 0 Å². The zero-order valence-electron chi connectivity index (χ0n) is 15.8. The highest BCUT2D eigenvalue weighted by Crippen LogP contribution is 2.22. The third-order valence-corrected chi connectivity index (χ3v) is 5.65. The van der Waals surface area contributed by atoms with Crippen LogP contribution in [0, 0.1) is 0 Å². The van der Waals surface area contributed by atoms with Crippen LogP contribution in [0.2, 0.25) is 5.02 Å². The Morgan fingerprint density at radius 3 is 2.33 bits per heavy atom. The van der Waals surface area contributed by atoms with Crippen molar-refractivity contribution in [2.24, 2.45) is 0 Å². The lowest BCUT2D eigenvalue weighted by Crippen LogP contribution is -2.48. The quantitative estimate of drug-likeness (QED) is 0.795. The Balaban J connectivity index is 1.39. The summed E-state index contributed by atoms with van der Waals surface area (Å²) in [5.41, 5.74) is 1.17. The maximum atomic E-state index is 6.13. The molecular weight excluding hydrogens is 362 g/mol. The standard InChI is InChI=1S/C19H26ClN7/c1-2-24-6-8-26(9-7-24)18-15-21-23-19(22-18)27-12-10-25(11-13-27)17-5-3-4-16(20)14-17/h3-5,14-15H,2,6-13H2,1H3. The zero-order valence-corrected chi connectivity index (χ0v) is 16.5. The smallest absolute Gasteiger partial charge is 0.247 e. The summed E-state index contributed by atoms with van der Waals surface area (Å²) in [5.74, 6) is 1.67. The molecule has 2 saturated heterocycles. The Bertz CT molecular complexity index is 755. The highest BCUT2D eigenvalue weighted by atomic mass is 35.5. The van der Waals surface area contributed by atoms with Crippen LogP contribution in [0.15, 0.2) is 30.5 Å². The van der Waals surface area contributed by atoms with Crippen LogP contribution in [0.1, 0.15) is 6.92 Å². The molecule has 0 radical (unpaired) electrons. The van der Waals surface area contributed by atoms with Gasteiger partial charge in [0.2, 0.25) is 5.95 Å². The number of anilines is 3. The van der Waals surface area contributed by atoms with Crippen molar-refractivity contribution in [1.29, 1.82) is 0 Å². The minimum Gasteiger partial charge on any atom is -0.368 e. The predicted molar refractivity (Wildman–Crippen MR) is 110 cm³/mol. The molecule has 0 unspecified atom stereocenters. The number of likely N-dealkylation sites (N-methyl/N-ethyl adjacent to an activating group) is 1.